The van der Waals surface area contributed by atoms with Gasteiger partial charge >= 0.3 is 6.18 Å². The standard InChI is InChI=1S/C14H18F3N3O/c1-18-7-10-3-2-6-20(9-10)13(21)11-4-5-12(19-8-11)14(15,16)17/h4-5,8,10,18H,2-3,6-7,9H2,1H3. The average Bonchev–Trinajstić information content (AvgIpc) is 2.46. The number of rotatable bonds is 3. The lowest BCUT2D eigenvalue weighted by molar-refractivity contribution is -0.141. The van der Waals surface area contributed by atoms with E-state index in [1.165, 1.54) is 6.07 Å². The maximum Gasteiger partial charge on any atom is 0.433 e. The summed E-state index contributed by atoms with van der Waals surface area (Å²) in [6, 6.07) is 2.04. The Bertz CT molecular complexity index is 485. The Morgan fingerprint density at radius 3 is 2.81 bits per heavy atom. The molecule has 1 saturated heterocycles. The molecule has 0 bridgehead atoms. The topological polar surface area (TPSA) is 45.2 Å². The van der Waals surface area contributed by atoms with Crippen LogP contribution in [0.2, 0.25) is 0 Å². The van der Waals surface area contributed by atoms with Crippen LogP contribution in [-0.2, 0) is 6.18 Å². The molecule has 1 atom stereocenters. The maximum atomic E-state index is 12.4. The molecule has 0 saturated carbocycles. The zero-order chi connectivity index (χ0) is 15.5. The second-order valence-electron chi connectivity index (χ2n) is 5.25. The van der Waals surface area contributed by atoms with Crippen molar-refractivity contribution in [3.05, 3.63) is 29.6 Å². The minimum atomic E-state index is -4.48. The third-order valence-corrected chi connectivity index (χ3v) is 3.60. The largest absolute Gasteiger partial charge is 0.433 e. The first kappa shape index (κ1) is 15.8. The number of carbonyl (C=O) groups is 1. The van der Waals surface area contributed by atoms with Crippen molar-refractivity contribution in [1.29, 1.82) is 0 Å². The van der Waals surface area contributed by atoms with E-state index in [0.29, 0.717) is 19.0 Å². The summed E-state index contributed by atoms with van der Waals surface area (Å²) in [6.45, 7) is 2.09. The van der Waals surface area contributed by atoms with Crippen LogP contribution in [-0.4, -0.2) is 42.5 Å². The second kappa shape index (κ2) is 6.43. The Labute approximate surface area is 121 Å². The number of halogens is 3. The molecule has 1 fully saturated rings. The Morgan fingerprint density at radius 1 is 1.48 bits per heavy atom. The fourth-order valence-electron chi connectivity index (χ4n) is 2.58. The number of pyridine rings is 1. The third kappa shape index (κ3) is 3.93. The molecule has 1 amide bonds. The molecule has 116 valence electrons. The minimum Gasteiger partial charge on any atom is -0.338 e. The van der Waals surface area contributed by atoms with Gasteiger partial charge in [-0.3, -0.25) is 9.78 Å². The van der Waals surface area contributed by atoms with Crippen LogP contribution in [0.1, 0.15) is 28.9 Å². The van der Waals surface area contributed by atoms with Crippen molar-refractivity contribution in [1.82, 2.24) is 15.2 Å². The fraction of sp³-hybridized carbons (Fsp3) is 0.571. The first-order valence-corrected chi connectivity index (χ1v) is 6.89. The van der Waals surface area contributed by atoms with Crippen molar-refractivity contribution >= 4 is 5.91 Å². The second-order valence-corrected chi connectivity index (χ2v) is 5.25. The van der Waals surface area contributed by atoms with Gasteiger partial charge in [0.25, 0.3) is 5.91 Å². The number of piperidine rings is 1. The van der Waals surface area contributed by atoms with E-state index in [2.05, 4.69) is 10.3 Å². The molecule has 1 unspecified atom stereocenters. The van der Waals surface area contributed by atoms with Crippen molar-refractivity contribution in [2.24, 2.45) is 5.92 Å². The predicted octanol–water partition coefficient (Wildman–Crippen LogP) is 2.17. The van der Waals surface area contributed by atoms with E-state index in [1.807, 2.05) is 7.05 Å². The summed E-state index contributed by atoms with van der Waals surface area (Å²) in [5.74, 6) is 0.132. The number of likely N-dealkylation sites (tertiary alicyclic amines) is 1. The van der Waals surface area contributed by atoms with Crippen molar-refractivity contribution in [2.45, 2.75) is 19.0 Å². The van der Waals surface area contributed by atoms with Gasteiger partial charge in [-0.15, -0.1) is 0 Å². The Kier molecular flexibility index (Phi) is 4.82. The Balaban J connectivity index is 2.05. The summed E-state index contributed by atoms with van der Waals surface area (Å²) < 4.78 is 37.3. The van der Waals surface area contributed by atoms with Crippen LogP contribution in [0, 0.1) is 5.92 Å². The SMILES string of the molecule is CNCC1CCCN(C(=O)c2ccc(C(F)(F)F)nc2)C1. The van der Waals surface area contributed by atoms with Gasteiger partial charge in [0.2, 0.25) is 0 Å². The van der Waals surface area contributed by atoms with E-state index in [1.54, 1.807) is 4.90 Å². The zero-order valence-electron chi connectivity index (χ0n) is 11.8. The normalized spacial score (nSPS) is 19.6. The molecule has 2 heterocycles. The molecule has 1 aliphatic rings. The average molecular weight is 301 g/mol. The van der Waals surface area contributed by atoms with Crippen LogP contribution in [0.15, 0.2) is 18.3 Å². The number of nitrogens with one attached hydrogen (secondary N) is 1. The molecule has 7 heteroatoms. The lowest BCUT2D eigenvalue weighted by Crippen LogP contribution is -2.42. The highest BCUT2D eigenvalue weighted by atomic mass is 19.4. The van der Waals surface area contributed by atoms with E-state index in [0.717, 1.165) is 31.6 Å². The number of amides is 1. The van der Waals surface area contributed by atoms with Crippen LogP contribution in [0.3, 0.4) is 0 Å². The van der Waals surface area contributed by atoms with Gasteiger partial charge in [0, 0.05) is 19.3 Å². The lowest BCUT2D eigenvalue weighted by Gasteiger charge is -2.32. The third-order valence-electron chi connectivity index (χ3n) is 3.60. The van der Waals surface area contributed by atoms with Crippen LogP contribution in [0.25, 0.3) is 0 Å². The number of nitrogens with zero attached hydrogens (tertiary/aromatic N) is 2. The molecule has 4 nitrogen and oxygen atoms in total. The van der Waals surface area contributed by atoms with Gasteiger partial charge in [0.1, 0.15) is 5.69 Å². The molecule has 2 rings (SSSR count). The summed E-state index contributed by atoms with van der Waals surface area (Å²) in [7, 11) is 1.86. The van der Waals surface area contributed by atoms with Crippen LogP contribution >= 0.6 is 0 Å². The summed E-state index contributed by atoms with van der Waals surface area (Å²) in [4.78, 5) is 17.3. The predicted molar refractivity (Wildman–Crippen MR) is 71.8 cm³/mol. The molecular weight excluding hydrogens is 283 g/mol. The summed E-state index contributed by atoms with van der Waals surface area (Å²) in [5, 5.41) is 3.09. The van der Waals surface area contributed by atoms with E-state index >= 15 is 0 Å². The molecular formula is C14H18F3N3O. The number of carbonyl (C=O) groups excluding carboxylic acids is 1. The highest BCUT2D eigenvalue weighted by Gasteiger charge is 2.32. The van der Waals surface area contributed by atoms with E-state index in [9.17, 15) is 18.0 Å². The van der Waals surface area contributed by atoms with Gasteiger partial charge in [-0.25, -0.2) is 0 Å². The van der Waals surface area contributed by atoms with E-state index in [-0.39, 0.29) is 11.5 Å². The quantitative estimate of drug-likeness (QED) is 0.930. The van der Waals surface area contributed by atoms with Gasteiger partial charge in [0.05, 0.1) is 5.56 Å². The highest BCUT2D eigenvalue weighted by molar-refractivity contribution is 5.94. The molecule has 1 aromatic heterocycles. The molecule has 0 radical (unpaired) electrons. The number of aromatic nitrogens is 1. The highest BCUT2D eigenvalue weighted by Crippen LogP contribution is 2.27. The summed E-state index contributed by atoms with van der Waals surface area (Å²) >= 11 is 0. The Hall–Kier alpha value is -1.63. The van der Waals surface area contributed by atoms with Crippen LogP contribution in [0.4, 0.5) is 13.2 Å². The van der Waals surface area contributed by atoms with Crippen molar-refractivity contribution in [2.75, 3.05) is 26.7 Å². The number of hydrogen-bond donors (Lipinski definition) is 1. The van der Waals surface area contributed by atoms with Crippen molar-refractivity contribution in [3.63, 3.8) is 0 Å². The molecule has 0 spiro atoms. The van der Waals surface area contributed by atoms with E-state index < -0.39 is 11.9 Å². The molecule has 1 aromatic rings. The van der Waals surface area contributed by atoms with Crippen LogP contribution < -0.4 is 5.32 Å². The summed E-state index contributed by atoms with van der Waals surface area (Å²) in [6.07, 6.45) is -1.51. The fourth-order valence-corrected chi connectivity index (χ4v) is 2.58. The maximum absolute atomic E-state index is 12.4. The number of hydrogen-bond acceptors (Lipinski definition) is 3. The van der Waals surface area contributed by atoms with E-state index in [4.69, 9.17) is 0 Å². The Morgan fingerprint density at radius 2 is 2.24 bits per heavy atom. The first-order valence-electron chi connectivity index (χ1n) is 6.89. The van der Waals surface area contributed by atoms with Gasteiger partial charge < -0.3 is 10.2 Å². The van der Waals surface area contributed by atoms with Crippen LogP contribution in [0.5, 0.6) is 0 Å². The molecule has 0 aromatic carbocycles. The molecule has 0 aliphatic carbocycles. The van der Waals surface area contributed by atoms with Gasteiger partial charge in [-0.2, -0.15) is 13.2 Å². The van der Waals surface area contributed by atoms with Crippen molar-refractivity contribution in [3.8, 4) is 0 Å². The molecule has 1 N–H and O–H groups in total. The zero-order valence-corrected chi connectivity index (χ0v) is 11.8. The summed E-state index contributed by atoms with van der Waals surface area (Å²) in [5.41, 5.74) is -0.779. The van der Waals surface area contributed by atoms with Gasteiger partial charge in [-0.05, 0) is 44.5 Å². The molecule has 21 heavy (non-hydrogen) atoms. The minimum absolute atomic E-state index is 0.202. The van der Waals surface area contributed by atoms with Gasteiger partial charge in [0.15, 0.2) is 0 Å². The first-order chi connectivity index (χ1) is 9.91. The van der Waals surface area contributed by atoms with Crippen molar-refractivity contribution < 1.29 is 18.0 Å². The lowest BCUT2D eigenvalue weighted by atomic mass is 9.97. The smallest absolute Gasteiger partial charge is 0.338 e. The van der Waals surface area contributed by atoms with Gasteiger partial charge in [-0.1, -0.05) is 0 Å². The molecule has 1 aliphatic heterocycles. The monoisotopic (exact) mass is 301 g/mol. The number of alkyl halides is 3.